The summed E-state index contributed by atoms with van der Waals surface area (Å²) in [5, 5.41) is 0. The van der Waals surface area contributed by atoms with Crippen molar-refractivity contribution < 1.29 is 9.47 Å². The van der Waals surface area contributed by atoms with Crippen LogP contribution in [0.2, 0.25) is 0 Å². The molecule has 92 valence electrons. The van der Waals surface area contributed by atoms with E-state index < -0.39 is 0 Å². The van der Waals surface area contributed by atoms with E-state index in [1.54, 1.807) is 7.11 Å². The van der Waals surface area contributed by atoms with E-state index in [1.807, 2.05) is 11.3 Å². The second-order valence-corrected chi connectivity index (χ2v) is 5.43. The first kappa shape index (κ1) is 13.7. The van der Waals surface area contributed by atoms with Crippen LogP contribution in [0, 0.1) is 6.92 Å². The molecular formula is C13H22O2S. The molecule has 1 heterocycles. The molecule has 0 aliphatic rings. The van der Waals surface area contributed by atoms with Crippen LogP contribution in [0.3, 0.4) is 0 Å². The molecule has 0 unspecified atom stereocenters. The van der Waals surface area contributed by atoms with Crippen molar-refractivity contribution in [2.75, 3.05) is 26.9 Å². The van der Waals surface area contributed by atoms with Crippen LogP contribution in [0.1, 0.15) is 35.1 Å². The highest BCUT2D eigenvalue weighted by atomic mass is 32.1. The maximum absolute atomic E-state index is 5.48. The Morgan fingerprint density at radius 2 is 2.00 bits per heavy atom. The van der Waals surface area contributed by atoms with Gasteiger partial charge >= 0.3 is 0 Å². The fourth-order valence-corrected chi connectivity index (χ4v) is 2.65. The van der Waals surface area contributed by atoms with Crippen molar-refractivity contribution in [3.8, 4) is 0 Å². The van der Waals surface area contributed by atoms with Gasteiger partial charge in [0.2, 0.25) is 0 Å². The second-order valence-electron chi connectivity index (χ2n) is 4.26. The number of rotatable bonds is 7. The van der Waals surface area contributed by atoms with Crippen LogP contribution >= 0.6 is 11.3 Å². The first-order chi connectivity index (χ1) is 7.65. The van der Waals surface area contributed by atoms with E-state index in [-0.39, 0.29) is 0 Å². The Hall–Kier alpha value is -0.380. The van der Waals surface area contributed by atoms with E-state index in [0.717, 1.165) is 13.0 Å². The number of ether oxygens (including phenoxy) is 2. The third-order valence-electron chi connectivity index (χ3n) is 2.51. The summed E-state index contributed by atoms with van der Waals surface area (Å²) in [6.07, 6.45) is 1.02. The van der Waals surface area contributed by atoms with Gasteiger partial charge in [-0.2, -0.15) is 0 Å². The van der Waals surface area contributed by atoms with Gasteiger partial charge < -0.3 is 9.47 Å². The Morgan fingerprint density at radius 3 is 2.56 bits per heavy atom. The van der Waals surface area contributed by atoms with E-state index in [4.69, 9.17) is 9.47 Å². The second kappa shape index (κ2) is 7.05. The first-order valence-corrected chi connectivity index (χ1v) is 6.62. The van der Waals surface area contributed by atoms with Crippen LogP contribution in [0.15, 0.2) is 6.07 Å². The average molecular weight is 242 g/mol. The highest BCUT2D eigenvalue weighted by molar-refractivity contribution is 7.12. The van der Waals surface area contributed by atoms with Crippen molar-refractivity contribution >= 4 is 11.3 Å². The van der Waals surface area contributed by atoms with Crippen LogP contribution in [0.5, 0.6) is 0 Å². The Labute approximate surface area is 103 Å². The zero-order chi connectivity index (χ0) is 12.0. The van der Waals surface area contributed by atoms with E-state index in [2.05, 4.69) is 26.8 Å². The summed E-state index contributed by atoms with van der Waals surface area (Å²) in [5.41, 5.74) is 1.41. The lowest BCUT2D eigenvalue weighted by Crippen LogP contribution is -2.04. The van der Waals surface area contributed by atoms with Crippen LogP contribution < -0.4 is 0 Å². The number of hydrogen-bond acceptors (Lipinski definition) is 3. The summed E-state index contributed by atoms with van der Waals surface area (Å²) < 4.78 is 10.4. The molecule has 1 aromatic heterocycles. The maximum Gasteiger partial charge on any atom is 0.0700 e. The lowest BCUT2D eigenvalue weighted by Gasteiger charge is -2.03. The maximum atomic E-state index is 5.48. The van der Waals surface area contributed by atoms with Crippen LogP contribution in [-0.4, -0.2) is 26.9 Å². The van der Waals surface area contributed by atoms with E-state index in [9.17, 15) is 0 Å². The van der Waals surface area contributed by atoms with Gasteiger partial charge in [0, 0.05) is 23.3 Å². The van der Waals surface area contributed by atoms with Gasteiger partial charge in [-0.3, -0.25) is 0 Å². The molecule has 0 saturated carbocycles. The molecule has 0 N–H and O–H groups in total. The third kappa shape index (κ3) is 4.24. The molecule has 1 aromatic rings. The van der Waals surface area contributed by atoms with Crippen LogP contribution in [0.4, 0.5) is 0 Å². The molecule has 0 radical (unpaired) electrons. The van der Waals surface area contributed by atoms with Crippen LogP contribution in [-0.2, 0) is 15.9 Å². The van der Waals surface area contributed by atoms with E-state index in [1.165, 1.54) is 15.3 Å². The quantitative estimate of drug-likeness (QED) is 0.682. The van der Waals surface area contributed by atoms with Gasteiger partial charge in [0.1, 0.15) is 0 Å². The highest BCUT2D eigenvalue weighted by Crippen LogP contribution is 2.28. The summed E-state index contributed by atoms with van der Waals surface area (Å²) in [5.74, 6) is 0.631. The minimum Gasteiger partial charge on any atom is -0.382 e. The predicted molar refractivity (Wildman–Crippen MR) is 69.5 cm³/mol. The summed E-state index contributed by atoms with van der Waals surface area (Å²) >= 11 is 1.92. The van der Waals surface area contributed by atoms with E-state index in [0.29, 0.717) is 19.1 Å². The molecule has 0 aromatic carbocycles. The van der Waals surface area contributed by atoms with Gasteiger partial charge in [-0.25, -0.2) is 0 Å². The Balaban J connectivity index is 2.36. The smallest absolute Gasteiger partial charge is 0.0700 e. The van der Waals surface area contributed by atoms with Gasteiger partial charge in [0.05, 0.1) is 19.8 Å². The van der Waals surface area contributed by atoms with Gasteiger partial charge in [0.15, 0.2) is 0 Å². The standard InChI is InChI=1S/C13H22O2S/c1-10(2)13-9-11(3)12(16-13)5-6-15-8-7-14-4/h9-10H,5-8H2,1-4H3. The molecule has 0 bridgehead atoms. The molecule has 2 nitrogen and oxygen atoms in total. The minimum absolute atomic E-state index is 0.631. The number of thiophene rings is 1. The van der Waals surface area contributed by atoms with Crippen molar-refractivity contribution in [3.63, 3.8) is 0 Å². The molecule has 0 amide bonds. The van der Waals surface area contributed by atoms with Crippen molar-refractivity contribution in [2.24, 2.45) is 0 Å². The highest BCUT2D eigenvalue weighted by Gasteiger charge is 2.07. The zero-order valence-corrected chi connectivity index (χ0v) is 11.5. The van der Waals surface area contributed by atoms with Crippen molar-refractivity contribution in [1.82, 2.24) is 0 Å². The Bertz CT molecular complexity index is 305. The molecule has 0 spiro atoms. The Kier molecular flexibility index (Phi) is 6.03. The first-order valence-electron chi connectivity index (χ1n) is 5.81. The molecule has 0 aliphatic carbocycles. The van der Waals surface area contributed by atoms with Gasteiger partial charge in [-0.15, -0.1) is 11.3 Å². The monoisotopic (exact) mass is 242 g/mol. The fraction of sp³-hybridized carbons (Fsp3) is 0.692. The van der Waals surface area contributed by atoms with Gasteiger partial charge in [-0.1, -0.05) is 13.8 Å². The SMILES string of the molecule is COCCOCCc1sc(C(C)C)cc1C. The molecule has 0 atom stereocenters. The molecule has 0 fully saturated rings. The molecule has 0 aliphatic heterocycles. The number of aryl methyl sites for hydroxylation is 1. The summed E-state index contributed by atoms with van der Waals surface area (Å²) in [6, 6.07) is 2.31. The topological polar surface area (TPSA) is 18.5 Å². The predicted octanol–water partition coefficient (Wildman–Crippen LogP) is 3.39. The third-order valence-corrected chi connectivity index (χ3v) is 4.11. The molecule has 1 rings (SSSR count). The minimum atomic E-state index is 0.631. The lowest BCUT2D eigenvalue weighted by atomic mass is 10.1. The molecular weight excluding hydrogens is 220 g/mol. The van der Waals surface area contributed by atoms with Crippen LogP contribution in [0.25, 0.3) is 0 Å². The van der Waals surface area contributed by atoms with Crippen molar-refractivity contribution in [2.45, 2.75) is 33.1 Å². The fourth-order valence-electron chi connectivity index (χ4n) is 1.49. The largest absolute Gasteiger partial charge is 0.382 e. The molecule has 3 heteroatoms. The van der Waals surface area contributed by atoms with Gasteiger partial charge in [-0.05, 0) is 24.5 Å². The summed E-state index contributed by atoms with van der Waals surface area (Å²) in [6.45, 7) is 8.84. The summed E-state index contributed by atoms with van der Waals surface area (Å²) in [4.78, 5) is 2.94. The zero-order valence-electron chi connectivity index (χ0n) is 10.7. The number of methoxy groups -OCH3 is 1. The lowest BCUT2D eigenvalue weighted by molar-refractivity contribution is 0.0724. The molecule has 16 heavy (non-hydrogen) atoms. The average Bonchev–Trinajstić information content (AvgIpc) is 2.60. The Morgan fingerprint density at radius 1 is 1.25 bits per heavy atom. The summed E-state index contributed by atoms with van der Waals surface area (Å²) in [7, 11) is 1.70. The van der Waals surface area contributed by atoms with Crippen molar-refractivity contribution in [3.05, 3.63) is 21.4 Å². The van der Waals surface area contributed by atoms with Gasteiger partial charge in [0.25, 0.3) is 0 Å². The molecule has 0 saturated heterocycles. The van der Waals surface area contributed by atoms with Crippen molar-refractivity contribution in [1.29, 1.82) is 0 Å². The van der Waals surface area contributed by atoms with E-state index >= 15 is 0 Å². The normalized spacial score (nSPS) is 11.3. The number of hydrogen-bond donors (Lipinski definition) is 0.